The molecule has 138 valence electrons. The molecule has 0 aliphatic heterocycles. The average molecular weight is 355 g/mol. The Balaban J connectivity index is 2.20. The molecule has 6 heteroatoms. The van der Waals surface area contributed by atoms with E-state index >= 15 is 0 Å². The molecular formula is C20H25N3O3. The van der Waals surface area contributed by atoms with E-state index in [0.29, 0.717) is 24.4 Å². The van der Waals surface area contributed by atoms with Gasteiger partial charge in [0, 0.05) is 25.7 Å². The molecule has 2 N–H and O–H groups in total. The van der Waals surface area contributed by atoms with Crippen molar-refractivity contribution in [3.63, 3.8) is 0 Å². The van der Waals surface area contributed by atoms with Gasteiger partial charge in [0.1, 0.15) is 11.8 Å². The highest BCUT2D eigenvalue weighted by Crippen LogP contribution is 2.17. The number of methoxy groups -OCH3 is 1. The molecule has 0 spiro atoms. The normalized spacial score (nSPS) is 11.5. The Morgan fingerprint density at radius 3 is 2.31 bits per heavy atom. The monoisotopic (exact) mass is 355 g/mol. The van der Waals surface area contributed by atoms with Crippen molar-refractivity contribution in [3.05, 3.63) is 65.7 Å². The highest BCUT2D eigenvalue weighted by Gasteiger charge is 2.25. The van der Waals surface area contributed by atoms with Gasteiger partial charge in [0.05, 0.1) is 7.11 Å². The van der Waals surface area contributed by atoms with Crippen LogP contribution in [0.1, 0.15) is 22.0 Å². The van der Waals surface area contributed by atoms with E-state index in [1.807, 2.05) is 37.4 Å². The van der Waals surface area contributed by atoms with Gasteiger partial charge in [0.25, 0.3) is 5.91 Å². The topological polar surface area (TPSA) is 70.7 Å². The van der Waals surface area contributed by atoms with Crippen LogP contribution in [0.3, 0.4) is 0 Å². The standard InChI is InChI=1S/C20H25N3O3/c1-21-13-14-23(2)20(25)18(15-7-5-4-6-8-15)22-19(24)16-9-11-17(26-3)12-10-16/h4-12,18,21H,13-14H2,1-3H3,(H,22,24). The Morgan fingerprint density at radius 1 is 1.08 bits per heavy atom. The smallest absolute Gasteiger partial charge is 0.252 e. The number of benzene rings is 2. The maximum absolute atomic E-state index is 12.9. The molecule has 2 aromatic carbocycles. The second-order valence-electron chi connectivity index (χ2n) is 5.91. The van der Waals surface area contributed by atoms with Gasteiger partial charge < -0.3 is 20.3 Å². The third kappa shape index (κ3) is 5.07. The summed E-state index contributed by atoms with van der Waals surface area (Å²) >= 11 is 0. The molecule has 6 nitrogen and oxygen atoms in total. The van der Waals surface area contributed by atoms with Crippen molar-refractivity contribution in [3.8, 4) is 5.75 Å². The fourth-order valence-electron chi connectivity index (χ4n) is 2.50. The first kappa shape index (κ1) is 19.5. The second kappa shape index (κ2) is 9.58. The number of carbonyl (C=O) groups is 2. The lowest BCUT2D eigenvalue weighted by molar-refractivity contribution is -0.132. The van der Waals surface area contributed by atoms with E-state index in [4.69, 9.17) is 4.74 Å². The molecule has 1 atom stereocenters. The average Bonchev–Trinajstić information content (AvgIpc) is 2.70. The number of amides is 2. The summed E-state index contributed by atoms with van der Waals surface area (Å²) < 4.78 is 5.11. The SMILES string of the molecule is CNCCN(C)C(=O)C(NC(=O)c1ccc(OC)cc1)c1ccccc1. The van der Waals surface area contributed by atoms with Crippen molar-refractivity contribution >= 4 is 11.8 Å². The van der Waals surface area contributed by atoms with Crippen LogP contribution in [-0.2, 0) is 4.79 Å². The molecule has 0 radical (unpaired) electrons. The lowest BCUT2D eigenvalue weighted by Gasteiger charge is -2.25. The maximum atomic E-state index is 12.9. The van der Waals surface area contributed by atoms with Crippen molar-refractivity contribution in [2.45, 2.75) is 6.04 Å². The van der Waals surface area contributed by atoms with Crippen LogP contribution in [0.5, 0.6) is 5.75 Å². The molecule has 2 aromatic rings. The molecule has 0 saturated heterocycles. The van der Waals surface area contributed by atoms with Crippen LogP contribution >= 0.6 is 0 Å². The molecular weight excluding hydrogens is 330 g/mol. The number of hydrogen-bond donors (Lipinski definition) is 2. The van der Waals surface area contributed by atoms with Gasteiger partial charge in [-0.1, -0.05) is 30.3 Å². The van der Waals surface area contributed by atoms with Crippen molar-refractivity contribution in [1.82, 2.24) is 15.5 Å². The van der Waals surface area contributed by atoms with Crippen LogP contribution in [0.25, 0.3) is 0 Å². The predicted octanol–water partition coefficient (Wildman–Crippen LogP) is 1.84. The summed E-state index contributed by atoms with van der Waals surface area (Å²) in [5, 5.41) is 5.87. The fraction of sp³-hybridized carbons (Fsp3) is 0.300. The number of likely N-dealkylation sites (N-methyl/N-ethyl adjacent to an activating group) is 2. The molecule has 0 aliphatic carbocycles. The minimum atomic E-state index is -0.743. The molecule has 0 saturated carbocycles. The van der Waals surface area contributed by atoms with Gasteiger partial charge in [0.15, 0.2) is 0 Å². The first-order valence-electron chi connectivity index (χ1n) is 8.46. The van der Waals surface area contributed by atoms with Gasteiger partial charge in [-0.2, -0.15) is 0 Å². The van der Waals surface area contributed by atoms with Crippen molar-refractivity contribution in [2.24, 2.45) is 0 Å². The highest BCUT2D eigenvalue weighted by atomic mass is 16.5. The van der Waals surface area contributed by atoms with E-state index in [1.54, 1.807) is 43.3 Å². The maximum Gasteiger partial charge on any atom is 0.252 e. The van der Waals surface area contributed by atoms with Gasteiger partial charge >= 0.3 is 0 Å². The number of nitrogens with zero attached hydrogens (tertiary/aromatic N) is 1. The number of hydrogen-bond acceptors (Lipinski definition) is 4. The minimum absolute atomic E-state index is 0.159. The van der Waals surface area contributed by atoms with Gasteiger partial charge in [-0.25, -0.2) is 0 Å². The van der Waals surface area contributed by atoms with Crippen molar-refractivity contribution < 1.29 is 14.3 Å². The highest BCUT2D eigenvalue weighted by molar-refractivity contribution is 5.97. The van der Waals surface area contributed by atoms with Crippen LogP contribution in [0.2, 0.25) is 0 Å². The summed E-state index contributed by atoms with van der Waals surface area (Å²) in [6.45, 7) is 1.23. The molecule has 0 aromatic heterocycles. The van der Waals surface area contributed by atoms with Crippen LogP contribution in [-0.4, -0.2) is 51.0 Å². The molecule has 1 unspecified atom stereocenters. The lowest BCUT2D eigenvalue weighted by Crippen LogP contribution is -2.43. The number of nitrogens with one attached hydrogen (secondary N) is 2. The van der Waals surface area contributed by atoms with Crippen molar-refractivity contribution in [1.29, 1.82) is 0 Å². The Labute approximate surface area is 154 Å². The molecule has 0 fully saturated rings. The summed E-state index contributed by atoms with van der Waals surface area (Å²) in [7, 11) is 5.13. The van der Waals surface area contributed by atoms with E-state index in [1.165, 1.54) is 0 Å². The van der Waals surface area contributed by atoms with Gasteiger partial charge in [-0.3, -0.25) is 9.59 Å². The summed E-state index contributed by atoms with van der Waals surface area (Å²) in [5.41, 5.74) is 1.22. The zero-order chi connectivity index (χ0) is 18.9. The first-order valence-corrected chi connectivity index (χ1v) is 8.46. The van der Waals surface area contributed by atoms with Crippen molar-refractivity contribution in [2.75, 3.05) is 34.3 Å². The van der Waals surface area contributed by atoms with E-state index < -0.39 is 6.04 Å². The summed E-state index contributed by atoms with van der Waals surface area (Å²) in [6.07, 6.45) is 0. The predicted molar refractivity (Wildman–Crippen MR) is 101 cm³/mol. The zero-order valence-corrected chi connectivity index (χ0v) is 15.4. The van der Waals surface area contributed by atoms with Gasteiger partial charge in [-0.05, 0) is 36.9 Å². The molecule has 0 bridgehead atoms. The minimum Gasteiger partial charge on any atom is -0.497 e. The third-order valence-corrected chi connectivity index (χ3v) is 4.08. The van der Waals surface area contributed by atoms with Crippen LogP contribution in [0, 0.1) is 0 Å². The Kier molecular flexibility index (Phi) is 7.17. The quantitative estimate of drug-likeness (QED) is 0.758. The first-order chi connectivity index (χ1) is 12.6. The second-order valence-corrected chi connectivity index (χ2v) is 5.91. The number of rotatable bonds is 8. The van der Waals surface area contributed by atoms with E-state index in [0.717, 1.165) is 5.56 Å². The largest absolute Gasteiger partial charge is 0.497 e. The summed E-state index contributed by atoms with van der Waals surface area (Å²) in [5.74, 6) is 0.203. The van der Waals surface area contributed by atoms with E-state index in [2.05, 4.69) is 10.6 Å². The third-order valence-electron chi connectivity index (χ3n) is 4.08. The van der Waals surface area contributed by atoms with Crippen LogP contribution in [0.4, 0.5) is 0 Å². The zero-order valence-electron chi connectivity index (χ0n) is 15.4. The summed E-state index contributed by atoms with van der Waals surface area (Å²) in [6, 6.07) is 15.3. The molecule has 2 rings (SSSR count). The molecule has 2 amide bonds. The molecule has 26 heavy (non-hydrogen) atoms. The lowest BCUT2D eigenvalue weighted by atomic mass is 10.0. The fourth-order valence-corrected chi connectivity index (χ4v) is 2.50. The number of ether oxygens (including phenoxy) is 1. The van der Waals surface area contributed by atoms with E-state index in [9.17, 15) is 9.59 Å². The van der Waals surface area contributed by atoms with Crippen LogP contribution in [0.15, 0.2) is 54.6 Å². The van der Waals surface area contributed by atoms with E-state index in [-0.39, 0.29) is 11.8 Å². The Hall–Kier alpha value is -2.86. The molecule has 0 heterocycles. The van der Waals surface area contributed by atoms with Gasteiger partial charge in [-0.15, -0.1) is 0 Å². The Bertz CT molecular complexity index is 717. The number of carbonyl (C=O) groups excluding carboxylic acids is 2. The van der Waals surface area contributed by atoms with Crippen LogP contribution < -0.4 is 15.4 Å². The Morgan fingerprint density at radius 2 is 1.73 bits per heavy atom. The van der Waals surface area contributed by atoms with Gasteiger partial charge in [0.2, 0.25) is 5.91 Å². The summed E-state index contributed by atoms with van der Waals surface area (Å²) in [4.78, 5) is 27.1. The molecule has 0 aliphatic rings.